The van der Waals surface area contributed by atoms with Gasteiger partial charge >= 0.3 is 0 Å². The molecule has 0 fully saturated rings. The molecule has 20 heavy (non-hydrogen) atoms. The van der Waals surface area contributed by atoms with Gasteiger partial charge in [-0.2, -0.15) is 0 Å². The van der Waals surface area contributed by atoms with Crippen LogP contribution in [0.1, 0.15) is 37.7 Å². The van der Waals surface area contributed by atoms with Gasteiger partial charge < -0.3 is 4.90 Å². The first kappa shape index (κ1) is 17.5. The van der Waals surface area contributed by atoms with Gasteiger partial charge in [0.15, 0.2) is 0 Å². The lowest BCUT2D eigenvalue weighted by molar-refractivity contribution is 0.346. The highest BCUT2D eigenvalue weighted by Gasteiger charge is 2.18. The highest BCUT2D eigenvalue weighted by atomic mass is 35.5. The lowest BCUT2D eigenvalue weighted by Gasteiger charge is -2.26. The molecule has 0 amide bonds. The van der Waals surface area contributed by atoms with Crippen LogP contribution in [0.2, 0.25) is 5.15 Å². The molecule has 0 aromatic carbocycles. The summed E-state index contributed by atoms with van der Waals surface area (Å²) in [5.41, 5.74) is 2.69. The predicted molar refractivity (Wildman–Crippen MR) is 89.6 cm³/mol. The van der Waals surface area contributed by atoms with Gasteiger partial charge in [0, 0.05) is 12.7 Å². The first-order valence-corrected chi connectivity index (χ1v) is 7.51. The van der Waals surface area contributed by atoms with Crippen molar-refractivity contribution in [3.05, 3.63) is 35.1 Å². The Morgan fingerprint density at radius 2 is 2.05 bits per heavy atom. The first-order valence-electron chi connectivity index (χ1n) is 7.13. The second-order valence-corrected chi connectivity index (χ2v) is 6.01. The minimum Gasteiger partial charge on any atom is -0.309 e. The van der Waals surface area contributed by atoms with Crippen molar-refractivity contribution in [1.29, 1.82) is 0 Å². The Balaban J connectivity index is 0.00000200. The van der Waals surface area contributed by atoms with Crippen molar-refractivity contribution in [3.8, 4) is 0 Å². The molecule has 112 valence electrons. The summed E-state index contributed by atoms with van der Waals surface area (Å²) in [6.45, 7) is 1.11. The van der Waals surface area contributed by atoms with Gasteiger partial charge in [0.1, 0.15) is 5.15 Å². The summed E-state index contributed by atoms with van der Waals surface area (Å²) in [6, 6.07) is 3.99. The molecule has 0 N–H and O–H groups in total. The van der Waals surface area contributed by atoms with Crippen molar-refractivity contribution in [1.82, 2.24) is 9.88 Å². The maximum absolute atomic E-state index is 5.89. The Morgan fingerprint density at radius 1 is 1.25 bits per heavy atom. The molecule has 0 bridgehead atoms. The molecule has 1 heterocycles. The van der Waals surface area contributed by atoms with E-state index in [9.17, 15) is 0 Å². The fourth-order valence-corrected chi connectivity index (χ4v) is 2.93. The van der Waals surface area contributed by atoms with Gasteiger partial charge in [-0.3, -0.25) is 0 Å². The Hall–Kier alpha value is -0.570. The summed E-state index contributed by atoms with van der Waals surface area (Å²) in [5, 5.41) is 0.569. The zero-order chi connectivity index (χ0) is 13.7. The van der Waals surface area contributed by atoms with E-state index in [1.54, 1.807) is 0 Å². The third-order valence-corrected chi connectivity index (χ3v) is 3.93. The normalized spacial score (nSPS) is 22.4. The van der Waals surface area contributed by atoms with Crippen LogP contribution >= 0.6 is 24.0 Å². The lowest BCUT2D eigenvalue weighted by Crippen LogP contribution is -2.23. The van der Waals surface area contributed by atoms with Gasteiger partial charge in [-0.1, -0.05) is 36.6 Å². The Morgan fingerprint density at radius 3 is 2.70 bits per heavy atom. The zero-order valence-corrected chi connectivity index (χ0v) is 13.9. The highest BCUT2D eigenvalue weighted by Crippen LogP contribution is 2.31. The van der Waals surface area contributed by atoms with Gasteiger partial charge in [-0.15, -0.1) is 12.4 Å². The number of pyridine rings is 1. The molecule has 1 atom stereocenters. The van der Waals surface area contributed by atoms with E-state index in [0.717, 1.165) is 6.54 Å². The fraction of sp³-hybridized carbons (Fsp3) is 0.562. The maximum Gasteiger partial charge on any atom is 0.129 e. The van der Waals surface area contributed by atoms with Crippen LogP contribution in [-0.4, -0.2) is 30.5 Å². The van der Waals surface area contributed by atoms with E-state index >= 15 is 0 Å². The van der Waals surface area contributed by atoms with E-state index in [1.807, 2.05) is 12.3 Å². The van der Waals surface area contributed by atoms with E-state index in [2.05, 4.69) is 36.1 Å². The summed E-state index contributed by atoms with van der Waals surface area (Å²) in [6.07, 6.45) is 10.8. The molecule has 2 nitrogen and oxygen atoms in total. The SMILES string of the molecule is CN(C)CC1CCCCC/C=C\1c1ccc(Cl)nc1.Cl. The van der Waals surface area contributed by atoms with Crippen LogP contribution in [0.4, 0.5) is 0 Å². The lowest BCUT2D eigenvalue weighted by atomic mass is 9.85. The third-order valence-electron chi connectivity index (χ3n) is 3.71. The molecule has 0 aliphatic heterocycles. The van der Waals surface area contributed by atoms with Crippen LogP contribution in [0.15, 0.2) is 24.4 Å². The number of halogens is 2. The fourth-order valence-electron chi connectivity index (χ4n) is 2.82. The van der Waals surface area contributed by atoms with E-state index in [1.165, 1.54) is 43.2 Å². The highest BCUT2D eigenvalue weighted by molar-refractivity contribution is 6.29. The van der Waals surface area contributed by atoms with E-state index < -0.39 is 0 Å². The van der Waals surface area contributed by atoms with Gasteiger partial charge in [0.25, 0.3) is 0 Å². The maximum atomic E-state index is 5.89. The van der Waals surface area contributed by atoms with Crippen LogP contribution < -0.4 is 0 Å². The topological polar surface area (TPSA) is 16.1 Å². The minimum atomic E-state index is 0. The van der Waals surface area contributed by atoms with Crippen LogP contribution in [-0.2, 0) is 0 Å². The monoisotopic (exact) mass is 314 g/mol. The summed E-state index contributed by atoms with van der Waals surface area (Å²) in [5.74, 6) is 0.610. The molecule has 1 aromatic heterocycles. The van der Waals surface area contributed by atoms with Crippen LogP contribution in [0.25, 0.3) is 5.57 Å². The molecule has 4 heteroatoms. The number of hydrogen-bond donors (Lipinski definition) is 0. The van der Waals surface area contributed by atoms with Gasteiger partial charge in [-0.05, 0) is 56.5 Å². The summed E-state index contributed by atoms with van der Waals surface area (Å²) in [7, 11) is 4.30. The quantitative estimate of drug-likeness (QED) is 0.753. The third kappa shape index (κ3) is 5.08. The van der Waals surface area contributed by atoms with Crippen molar-refractivity contribution in [3.63, 3.8) is 0 Å². The molecular weight excluding hydrogens is 291 g/mol. The second-order valence-electron chi connectivity index (χ2n) is 5.63. The Kier molecular flexibility index (Phi) is 7.57. The van der Waals surface area contributed by atoms with E-state index in [-0.39, 0.29) is 12.4 Å². The smallest absolute Gasteiger partial charge is 0.129 e. The molecule has 2 rings (SSSR count). The summed E-state index contributed by atoms with van der Waals surface area (Å²) < 4.78 is 0. The second kappa shape index (κ2) is 8.66. The van der Waals surface area contributed by atoms with Gasteiger partial charge in [-0.25, -0.2) is 4.98 Å². The predicted octanol–water partition coefficient (Wildman–Crippen LogP) is 4.68. The van der Waals surface area contributed by atoms with Crippen molar-refractivity contribution < 1.29 is 0 Å². The molecular formula is C16H24Cl2N2. The minimum absolute atomic E-state index is 0. The van der Waals surface area contributed by atoms with Gasteiger partial charge in [0.05, 0.1) is 0 Å². The van der Waals surface area contributed by atoms with Crippen molar-refractivity contribution >= 4 is 29.6 Å². The molecule has 1 aliphatic rings. The largest absolute Gasteiger partial charge is 0.309 e. The molecule has 0 saturated heterocycles. The number of nitrogens with zero attached hydrogens (tertiary/aromatic N) is 2. The molecule has 1 unspecified atom stereocenters. The van der Waals surface area contributed by atoms with Crippen molar-refractivity contribution in [2.24, 2.45) is 5.92 Å². The summed E-state index contributed by atoms with van der Waals surface area (Å²) >= 11 is 5.89. The molecule has 1 aromatic rings. The van der Waals surface area contributed by atoms with Crippen LogP contribution in [0.3, 0.4) is 0 Å². The molecule has 1 aliphatic carbocycles. The summed E-state index contributed by atoms with van der Waals surface area (Å²) in [4.78, 5) is 6.51. The molecule has 0 spiro atoms. The molecule has 0 saturated carbocycles. The van der Waals surface area contributed by atoms with Crippen molar-refractivity contribution in [2.75, 3.05) is 20.6 Å². The number of aromatic nitrogens is 1. The number of hydrogen-bond acceptors (Lipinski definition) is 2. The average Bonchev–Trinajstić information content (AvgIpc) is 2.34. The number of rotatable bonds is 3. The van der Waals surface area contributed by atoms with E-state index in [0.29, 0.717) is 11.1 Å². The average molecular weight is 315 g/mol. The molecule has 0 radical (unpaired) electrons. The van der Waals surface area contributed by atoms with Crippen molar-refractivity contribution in [2.45, 2.75) is 32.1 Å². The first-order chi connectivity index (χ1) is 9.16. The van der Waals surface area contributed by atoms with Gasteiger partial charge in [0.2, 0.25) is 0 Å². The van der Waals surface area contributed by atoms with Crippen LogP contribution in [0.5, 0.6) is 0 Å². The van der Waals surface area contributed by atoms with Crippen LogP contribution in [0, 0.1) is 5.92 Å². The van der Waals surface area contributed by atoms with E-state index in [4.69, 9.17) is 11.6 Å². The zero-order valence-electron chi connectivity index (χ0n) is 12.3. The standard InChI is InChI=1S/C16H23ClN2.ClH/c1-19(2)12-14-7-5-3-4-6-8-15(14)13-9-10-16(17)18-11-13;/h8-11,14H,3-7,12H2,1-2H3;1H/b15-8-;. The Labute approximate surface area is 133 Å². The Bertz CT molecular complexity index is 427. The number of allylic oxidation sites excluding steroid dienone is 1.